The molecule has 0 unspecified atom stereocenters. The molecular weight excluding hydrogens is 344 g/mol. The first-order valence-corrected chi connectivity index (χ1v) is 9.52. The number of hydrogen-bond acceptors (Lipinski definition) is 4. The zero-order valence-corrected chi connectivity index (χ0v) is 15.6. The Morgan fingerprint density at radius 3 is 2.44 bits per heavy atom. The Labute approximate surface area is 158 Å². The number of nitrogens with zero attached hydrogens (tertiary/aromatic N) is 4. The Bertz CT molecular complexity index is 874. The van der Waals surface area contributed by atoms with Crippen LogP contribution in [0.5, 0.6) is 0 Å². The van der Waals surface area contributed by atoms with Gasteiger partial charge >= 0.3 is 5.97 Å². The molecule has 2 heterocycles. The van der Waals surface area contributed by atoms with Gasteiger partial charge in [-0.2, -0.15) is 5.10 Å². The number of likely N-dealkylation sites (tertiary alicyclic amines) is 1. The van der Waals surface area contributed by atoms with Crippen molar-refractivity contribution in [1.82, 2.24) is 19.7 Å². The quantitative estimate of drug-likeness (QED) is 0.900. The maximum Gasteiger partial charge on any atom is 0.326 e. The molecule has 2 fully saturated rings. The second kappa shape index (κ2) is 6.79. The summed E-state index contributed by atoms with van der Waals surface area (Å²) >= 11 is 0. The Balaban J connectivity index is 1.61. The van der Waals surface area contributed by atoms with Crippen molar-refractivity contribution >= 4 is 11.9 Å². The monoisotopic (exact) mass is 368 g/mol. The van der Waals surface area contributed by atoms with Gasteiger partial charge < -0.3 is 10.0 Å². The van der Waals surface area contributed by atoms with E-state index < -0.39 is 12.0 Å². The van der Waals surface area contributed by atoms with E-state index in [0.717, 1.165) is 37.2 Å². The van der Waals surface area contributed by atoms with Crippen molar-refractivity contribution in [3.05, 3.63) is 41.5 Å². The maximum atomic E-state index is 13.2. The summed E-state index contributed by atoms with van der Waals surface area (Å²) in [6, 6.07) is 6.50. The molecule has 0 radical (unpaired) electrons. The number of aryl methyl sites for hydroxylation is 2. The zero-order chi connectivity index (χ0) is 19.1. The van der Waals surface area contributed by atoms with Gasteiger partial charge in [0.2, 0.25) is 0 Å². The first kappa shape index (κ1) is 17.7. The number of hydrogen-bond donors (Lipinski definition) is 1. The molecule has 1 aliphatic carbocycles. The lowest BCUT2D eigenvalue weighted by atomic mass is 9.84. The van der Waals surface area contributed by atoms with E-state index in [1.54, 1.807) is 21.7 Å². The van der Waals surface area contributed by atoms with Crippen LogP contribution in [-0.4, -0.2) is 48.7 Å². The number of aliphatic carboxylic acids is 1. The van der Waals surface area contributed by atoms with Gasteiger partial charge in [0.05, 0.1) is 5.69 Å². The summed E-state index contributed by atoms with van der Waals surface area (Å²) in [5.74, 6) is 0.696. The van der Waals surface area contributed by atoms with Gasteiger partial charge in [-0.05, 0) is 63.3 Å². The summed E-state index contributed by atoms with van der Waals surface area (Å²) in [5, 5.41) is 14.0. The molecule has 27 heavy (non-hydrogen) atoms. The van der Waals surface area contributed by atoms with Crippen LogP contribution in [0.4, 0.5) is 0 Å². The molecule has 0 spiro atoms. The molecule has 2 aliphatic rings. The summed E-state index contributed by atoms with van der Waals surface area (Å²) in [6.45, 7) is 3.71. The summed E-state index contributed by atoms with van der Waals surface area (Å²) in [4.78, 5) is 30.8. The summed E-state index contributed by atoms with van der Waals surface area (Å²) in [6.07, 6.45) is 4.67. The third-order valence-electron chi connectivity index (χ3n) is 5.84. The molecule has 1 aromatic carbocycles. The normalized spacial score (nSPS) is 24.7. The van der Waals surface area contributed by atoms with Crippen LogP contribution in [0.3, 0.4) is 0 Å². The number of aromatic nitrogens is 3. The van der Waals surface area contributed by atoms with Crippen LogP contribution in [0.25, 0.3) is 5.69 Å². The number of amides is 1. The molecule has 2 aromatic rings. The summed E-state index contributed by atoms with van der Waals surface area (Å²) in [5.41, 5.74) is 1.35. The van der Waals surface area contributed by atoms with Crippen LogP contribution in [0.15, 0.2) is 24.3 Å². The second-order valence-electron chi connectivity index (χ2n) is 7.58. The highest BCUT2D eigenvalue weighted by Crippen LogP contribution is 2.40. The van der Waals surface area contributed by atoms with Crippen LogP contribution >= 0.6 is 0 Å². The predicted octanol–water partition coefficient (Wildman–Crippen LogP) is 2.74. The standard InChI is InChI=1S/C20H24N4O3/c1-12-21-13(2)24(22-12)16-9-7-14(8-10-16)19(25)23-17-6-4-3-5-15(17)11-18(23)20(26)27/h7-10,15,17-18H,3-6,11H2,1-2H3,(H,26,27)/t15-,17+,18+/m1/s1. The fourth-order valence-electron chi connectivity index (χ4n) is 4.63. The average molecular weight is 368 g/mol. The van der Waals surface area contributed by atoms with Gasteiger partial charge in [-0.25, -0.2) is 14.5 Å². The predicted molar refractivity (Wildman–Crippen MR) is 98.8 cm³/mol. The number of rotatable bonds is 3. The summed E-state index contributed by atoms with van der Waals surface area (Å²) in [7, 11) is 0. The van der Waals surface area contributed by atoms with E-state index >= 15 is 0 Å². The van der Waals surface area contributed by atoms with E-state index in [4.69, 9.17) is 0 Å². The fourth-order valence-corrected chi connectivity index (χ4v) is 4.63. The number of carboxylic acids is 1. The number of carboxylic acid groups (broad SMARTS) is 1. The van der Waals surface area contributed by atoms with Gasteiger partial charge in [0, 0.05) is 11.6 Å². The Morgan fingerprint density at radius 2 is 1.81 bits per heavy atom. The maximum absolute atomic E-state index is 13.2. The third-order valence-corrected chi connectivity index (χ3v) is 5.84. The topological polar surface area (TPSA) is 88.3 Å². The van der Waals surface area contributed by atoms with Crippen LogP contribution in [0.1, 0.15) is 54.1 Å². The molecule has 1 saturated carbocycles. The second-order valence-corrected chi connectivity index (χ2v) is 7.58. The van der Waals surface area contributed by atoms with Gasteiger partial charge in [0.15, 0.2) is 0 Å². The molecule has 0 bridgehead atoms. The number of carbonyl (C=O) groups excluding carboxylic acids is 1. The number of fused-ring (bicyclic) bond motifs is 1. The molecule has 1 N–H and O–H groups in total. The Hall–Kier alpha value is -2.70. The molecule has 1 aliphatic heterocycles. The van der Waals surface area contributed by atoms with E-state index in [1.165, 1.54) is 0 Å². The lowest BCUT2D eigenvalue weighted by Gasteiger charge is -2.33. The van der Waals surface area contributed by atoms with Crippen molar-refractivity contribution in [3.63, 3.8) is 0 Å². The van der Waals surface area contributed by atoms with Crippen molar-refractivity contribution in [1.29, 1.82) is 0 Å². The molecule has 1 saturated heterocycles. The summed E-state index contributed by atoms with van der Waals surface area (Å²) < 4.78 is 1.73. The third kappa shape index (κ3) is 3.11. The first-order valence-electron chi connectivity index (χ1n) is 9.52. The minimum atomic E-state index is -0.900. The lowest BCUT2D eigenvalue weighted by molar-refractivity contribution is -0.141. The van der Waals surface area contributed by atoms with Crippen LogP contribution in [0, 0.1) is 19.8 Å². The van der Waals surface area contributed by atoms with Gasteiger partial charge in [-0.15, -0.1) is 0 Å². The highest BCUT2D eigenvalue weighted by atomic mass is 16.4. The molecule has 142 valence electrons. The first-order chi connectivity index (χ1) is 13.0. The molecular formula is C20H24N4O3. The smallest absolute Gasteiger partial charge is 0.326 e. The van der Waals surface area contributed by atoms with Crippen LogP contribution < -0.4 is 0 Å². The fraction of sp³-hybridized carbons (Fsp3) is 0.500. The Morgan fingerprint density at radius 1 is 1.11 bits per heavy atom. The van der Waals surface area contributed by atoms with Crippen molar-refractivity contribution in [2.45, 2.75) is 58.0 Å². The lowest BCUT2D eigenvalue weighted by Crippen LogP contribution is -2.46. The minimum absolute atomic E-state index is 0.0484. The van der Waals surface area contributed by atoms with Gasteiger partial charge in [-0.3, -0.25) is 4.79 Å². The molecule has 3 atom stereocenters. The SMILES string of the molecule is Cc1nc(C)n(-c2ccc(C(=O)N3[C@H](C(=O)O)C[C@H]4CCCC[C@@H]43)cc2)n1. The van der Waals surface area contributed by atoms with E-state index in [-0.39, 0.29) is 11.9 Å². The van der Waals surface area contributed by atoms with Gasteiger partial charge in [0.25, 0.3) is 5.91 Å². The van der Waals surface area contributed by atoms with Crippen molar-refractivity contribution in [2.24, 2.45) is 5.92 Å². The van der Waals surface area contributed by atoms with E-state index in [0.29, 0.717) is 23.7 Å². The largest absolute Gasteiger partial charge is 0.480 e. The van der Waals surface area contributed by atoms with E-state index in [2.05, 4.69) is 10.1 Å². The van der Waals surface area contributed by atoms with Crippen LogP contribution in [-0.2, 0) is 4.79 Å². The highest BCUT2D eigenvalue weighted by molar-refractivity contribution is 5.97. The molecule has 4 rings (SSSR count). The van der Waals surface area contributed by atoms with Crippen molar-refractivity contribution in [2.75, 3.05) is 0 Å². The minimum Gasteiger partial charge on any atom is -0.480 e. The number of carbonyl (C=O) groups is 2. The van der Waals surface area contributed by atoms with Gasteiger partial charge in [0.1, 0.15) is 17.7 Å². The molecule has 7 heteroatoms. The average Bonchev–Trinajstić information content (AvgIpc) is 3.21. The van der Waals surface area contributed by atoms with E-state index in [1.807, 2.05) is 26.0 Å². The van der Waals surface area contributed by atoms with E-state index in [9.17, 15) is 14.7 Å². The van der Waals surface area contributed by atoms with Gasteiger partial charge in [-0.1, -0.05) is 12.8 Å². The molecule has 1 aromatic heterocycles. The number of benzene rings is 1. The molecule has 1 amide bonds. The highest BCUT2D eigenvalue weighted by Gasteiger charge is 2.47. The molecule has 7 nitrogen and oxygen atoms in total. The van der Waals surface area contributed by atoms with Crippen LogP contribution in [0.2, 0.25) is 0 Å². The van der Waals surface area contributed by atoms with Crippen molar-refractivity contribution < 1.29 is 14.7 Å². The van der Waals surface area contributed by atoms with Crippen molar-refractivity contribution in [3.8, 4) is 5.69 Å². The Kier molecular flexibility index (Phi) is 4.45. The zero-order valence-electron chi connectivity index (χ0n) is 15.6.